The van der Waals surface area contributed by atoms with Crippen LogP contribution in [0.4, 0.5) is 13.2 Å². The summed E-state index contributed by atoms with van der Waals surface area (Å²) in [6.07, 6.45) is 0.183. The molecule has 1 aliphatic heterocycles. The van der Waals surface area contributed by atoms with E-state index in [-0.39, 0.29) is 11.0 Å². The Labute approximate surface area is 181 Å². The van der Waals surface area contributed by atoms with Crippen LogP contribution in [0.2, 0.25) is 0 Å². The molecule has 3 aromatic rings. The number of nitrogens with zero attached hydrogens (tertiary/aromatic N) is 1. The monoisotopic (exact) mass is 449 g/mol. The standard InChI is InChI=1S/C23H22F3NO3S/c24-23(25,26)20-15-22(28)30-21-10-7-17(14-19(20)21)13-16-5-8-18(9-6-16)31(29)27-11-3-1-2-4-12-27/h5-10,14-15H,1-4,11-13H2. The number of rotatable bonds is 4. The van der Waals surface area contributed by atoms with Gasteiger partial charge in [-0.25, -0.2) is 4.79 Å². The summed E-state index contributed by atoms with van der Waals surface area (Å²) in [7, 11) is 0. The number of fused-ring (bicyclic) bond motifs is 1. The molecule has 0 spiro atoms. The van der Waals surface area contributed by atoms with E-state index >= 15 is 0 Å². The Balaban J connectivity index is 1.55. The fraction of sp³-hybridized carbons (Fsp3) is 0.348. The van der Waals surface area contributed by atoms with E-state index in [9.17, 15) is 22.5 Å². The summed E-state index contributed by atoms with van der Waals surface area (Å²) in [4.78, 5) is 12.2. The van der Waals surface area contributed by atoms with Crippen LogP contribution in [0.5, 0.6) is 0 Å². The summed E-state index contributed by atoms with van der Waals surface area (Å²) in [5.41, 5.74) is -0.564. The quantitative estimate of drug-likeness (QED) is 0.401. The normalized spacial score (nSPS) is 16.9. The van der Waals surface area contributed by atoms with Crippen molar-refractivity contribution in [2.24, 2.45) is 0 Å². The summed E-state index contributed by atoms with van der Waals surface area (Å²) >= 11 is -1.20. The Hall–Kier alpha value is -2.29. The van der Waals surface area contributed by atoms with E-state index in [4.69, 9.17) is 4.42 Å². The molecule has 0 radical (unpaired) electrons. The lowest BCUT2D eigenvalue weighted by Gasteiger charge is -2.22. The van der Waals surface area contributed by atoms with Crippen LogP contribution in [0.25, 0.3) is 11.0 Å². The zero-order chi connectivity index (χ0) is 22.0. The largest absolute Gasteiger partial charge is 0.593 e. The number of halogens is 3. The van der Waals surface area contributed by atoms with Gasteiger partial charge in [-0.1, -0.05) is 31.0 Å². The smallest absolute Gasteiger partial charge is 0.417 e. The maximum atomic E-state index is 13.3. The van der Waals surface area contributed by atoms with Gasteiger partial charge >= 0.3 is 11.8 Å². The summed E-state index contributed by atoms with van der Waals surface area (Å²) in [6.45, 7) is 1.65. The van der Waals surface area contributed by atoms with Gasteiger partial charge in [-0.2, -0.15) is 13.2 Å². The summed E-state index contributed by atoms with van der Waals surface area (Å²) in [5, 5.41) is -0.136. The Kier molecular flexibility index (Phi) is 6.41. The van der Waals surface area contributed by atoms with Crippen molar-refractivity contribution in [2.45, 2.75) is 43.2 Å². The van der Waals surface area contributed by atoms with Crippen LogP contribution < -0.4 is 5.63 Å². The molecular weight excluding hydrogens is 427 g/mol. The van der Waals surface area contributed by atoms with Gasteiger partial charge in [0.2, 0.25) is 0 Å². The van der Waals surface area contributed by atoms with Crippen LogP contribution >= 0.6 is 0 Å². The molecule has 1 aliphatic rings. The van der Waals surface area contributed by atoms with Crippen molar-refractivity contribution in [3.8, 4) is 0 Å². The van der Waals surface area contributed by atoms with Crippen molar-refractivity contribution < 1.29 is 22.1 Å². The highest BCUT2D eigenvalue weighted by Gasteiger charge is 2.34. The molecule has 1 unspecified atom stereocenters. The predicted octanol–water partition coefficient (Wildman–Crippen LogP) is 5.30. The van der Waals surface area contributed by atoms with Gasteiger partial charge in [0.05, 0.1) is 16.9 Å². The molecule has 31 heavy (non-hydrogen) atoms. The summed E-state index contributed by atoms with van der Waals surface area (Å²) < 4.78 is 59.8. The van der Waals surface area contributed by atoms with Crippen LogP contribution in [0, 0.1) is 0 Å². The van der Waals surface area contributed by atoms with Gasteiger partial charge < -0.3 is 8.97 Å². The average Bonchev–Trinajstić information content (AvgIpc) is 3.02. The van der Waals surface area contributed by atoms with Gasteiger partial charge in [-0.05, 0) is 54.7 Å². The van der Waals surface area contributed by atoms with Crippen molar-refractivity contribution >= 4 is 22.3 Å². The molecule has 164 valence electrons. The van der Waals surface area contributed by atoms with Crippen LogP contribution in [0.1, 0.15) is 42.4 Å². The van der Waals surface area contributed by atoms with Gasteiger partial charge in [-0.15, -0.1) is 4.31 Å². The zero-order valence-corrected chi connectivity index (χ0v) is 17.6. The molecule has 2 aromatic carbocycles. The van der Waals surface area contributed by atoms with E-state index in [1.165, 1.54) is 12.1 Å². The van der Waals surface area contributed by atoms with Crippen molar-refractivity contribution in [1.29, 1.82) is 0 Å². The Morgan fingerprint density at radius 1 is 0.935 bits per heavy atom. The Morgan fingerprint density at radius 3 is 2.23 bits per heavy atom. The van der Waals surface area contributed by atoms with E-state index in [1.54, 1.807) is 6.07 Å². The van der Waals surface area contributed by atoms with Crippen molar-refractivity contribution in [3.05, 3.63) is 75.6 Å². The van der Waals surface area contributed by atoms with Crippen molar-refractivity contribution in [1.82, 2.24) is 4.31 Å². The lowest BCUT2D eigenvalue weighted by molar-refractivity contribution is -0.136. The van der Waals surface area contributed by atoms with E-state index in [0.29, 0.717) is 18.1 Å². The van der Waals surface area contributed by atoms with Crippen LogP contribution in [-0.2, 0) is 24.0 Å². The van der Waals surface area contributed by atoms with Gasteiger partial charge in [0.25, 0.3) is 0 Å². The highest BCUT2D eigenvalue weighted by atomic mass is 32.2. The molecule has 1 aromatic heterocycles. The molecular formula is C23H22F3NO3S. The number of benzene rings is 2. The molecule has 1 saturated heterocycles. The second-order valence-corrected chi connectivity index (χ2v) is 9.21. The predicted molar refractivity (Wildman–Crippen MR) is 113 cm³/mol. The van der Waals surface area contributed by atoms with Crippen LogP contribution in [-0.4, -0.2) is 21.9 Å². The molecule has 4 nitrogen and oxygen atoms in total. The molecule has 0 N–H and O–H groups in total. The Morgan fingerprint density at radius 2 is 1.58 bits per heavy atom. The first-order valence-electron chi connectivity index (χ1n) is 10.2. The molecule has 4 rings (SSSR count). The second kappa shape index (κ2) is 9.06. The fourth-order valence-electron chi connectivity index (χ4n) is 3.87. The average molecular weight is 449 g/mol. The van der Waals surface area contributed by atoms with E-state index in [2.05, 4.69) is 0 Å². The highest BCUT2D eigenvalue weighted by Crippen LogP contribution is 2.34. The third kappa shape index (κ3) is 5.14. The minimum absolute atomic E-state index is 0.0910. The van der Waals surface area contributed by atoms with Gasteiger partial charge in [0.1, 0.15) is 5.58 Å². The fourth-order valence-corrected chi connectivity index (χ4v) is 5.13. The minimum Gasteiger partial charge on any atom is -0.593 e. The highest BCUT2D eigenvalue weighted by molar-refractivity contribution is 7.89. The van der Waals surface area contributed by atoms with Crippen LogP contribution in [0.15, 0.2) is 62.6 Å². The van der Waals surface area contributed by atoms with E-state index in [0.717, 1.165) is 49.2 Å². The maximum Gasteiger partial charge on any atom is 0.417 e. The minimum atomic E-state index is -4.65. The maximum absolute atomic E-state index is 13.3. The molecule has 0 aliphatic carbocycles. The number of hydrogen-bond donors (Lipinski definition) is 0. The first kappa shape index (κ1) is 21.9. The molecule has 1 fully saturated rings. The molecule has 8 heteroatoms. The lowest BCUT2D eigenvalue weighted by atomic mass is 10.0. The van der Waals surface area contributed by atoms with E-state index < -0.39 is 28.7 Å². The SMILES string of the molecule is O=c1cc(C(F)(F)F)c2cc(Cc3ccc([S+]([O-])N4CCCCCC4)cc3)ccc2o1. The molecule has 1 atom stereocenters. The third-order valence-electron chi connectivity index (χ3n) is 5.45. The second-order valence-electron chi connectivity index (χ2n) is 7.72. The molecule has 0 amide bonds. The van der Waals surface area contributed by atoms with Gasteiger partial charge in [0.15, 0.2) is 4.90 Å². The summed E-state index contributed by atoms with van der Waals surface area (Å²) in [6, 6.07) is 12.3. The molecule has 2 heterocycles. The van der Waals surface area contributed by atoms with Crippen molar-refractivity contribution in [2.75, 3.05) is 13.1 Å². The van der Waals surface area contributed by atoms with Gasteiger partial charge in [0, 0.05) is 24.5 Å². The first-order chi connectivity index (χ1) is 14.8. The van der Waals surface area contributed by atoms with Crippen molar-refractivity contribution in [3.63, 3.8) is 0 Å². The summed E-state index contributed by atoms with van der Waals surface area (Å²) in [5.74, 6) is 0. The van der Waals surface area contributed by atoms with Crippen LogP contribution in [0.3, 0.4) is 0 Å². The molecule has 0 bridgehead atoms. The lowest BCUT2D eigenvalue weighted by Crippen LogP contribution is -2.31. The topological polar surface area (TPSA) is 56.5 Å². The first-order valence-corrected chi connectivity index (χ1v) is 11.3. The van der Waals surface area contributed by atoms with E-state index in [1.807, 2.05) is 28.6 Å². The zero-order valence-electron chi connectivity index (χ0n) is 16.8. The number of alkyl halides is 3. The number of hydrogen-bond acceptors (Lipinski definition) is 4. The molecule has 0 saturated carbocycles. The third-order valence-corrected chi connectivity index (χ3v) is 6.95. The van der Waals surface area contributed by atoms with Gasteiger partial charge in [-0.3, -0.25) is 0 Å². The Bertz CT molecular complexity index is 1100.